The molecule has 0 aromatic rings. The minimum Gasteiger partial charge on any atom is -0.481 e. The van der Waals surface area contributed by atoms with Crippen molar-refractivity contribution in [1.29, 1.82) is 0 Å². The molecule has 1 saturated heterocycles. The molecule has 1 atom stereocenters. The number of amides is 1. The van der Waals surface area contributed by atoms with Crippen molar-refractivity contribution in [3.8, 4) is 0 Å². The van der Waals surface area contributed by atoms with Crippen LogP contribution in [0.25, 0.3) is 0 Å². The van der Waals surface area contributed by atoms with Gasteiger partial charge in [0.1, 0.15) is 0 Å². The van der Waals surface area contributed by atoms with Crippen molar-refractivity contribution in [2.75, 3.05) is 19.6 Å². The lowest BCUT2D eigenvalue weighted by Crippen LogP contribution is -2.39. The molecule has 1 amide bonds. The van der Waals surface area contributed by atoms with Gasteiger partial charge in [-0.2, -0.15) is 0 Å². The van der Waals surface area contributed by atoms with Gasteiger partial charge < -0.3 is 15.7 Å². The van der Waals surface area contributed by atoms with E-state index in [1.165, 1.54) is 19.3 Å². The van der Waals surface area contributed by atoms with Gasteiger partial charge in [0, 0.05) is 25.9 Å². The number of rotatable bonds is 6. The molecule has 0 aromatic carbocycles. The van der Waals surface area contributed by atoms with Crippen molar-refractivity contribution < 1.29 is 14.7 Å². The molecule has 1 heterocycles. The first-order valence-electron chi connectivity index (χ1n) is 8.24. The van der Waals surface area contributed by atoms with Crippen LogP contribution in [0.15, 0.2) is 0 Å². The Labute approximate surface area is 126 Å². The first kappa shape index (κ1) is 16.3. The van der Waals surface area contributed by atoms with E-state index < -0.39 is 5.97 Å². The number of nitrogens with two attached hydrogens (primary N) is 1. The minimum atomic E-state index is -0.746. The van der Waals surface area contributed by atoms with E-state index in [0.29, 0.717) is 25.3 Å². The molecule has 1 saturated carbocycles. The lowest BCUT2D eigenvalue weighted by atomic mass is 9.71. The van der Waals surface area contributed by atoms with Crippen LogP contribution in [0.4, 0.5) is 0 Å². The van der Waals surface area contributed by atoms with E-state index in [1.807, 2.05) is 4.90 Å². The van der Waals surface area contributed by atoms with E-state index in [2.05, 4.69) is 0 Å². The first-order valence-corrected chi connectivity index (χ1v) is 8.24. The SMILES string of the molecule is NCC1(CC(=O)N2CCC(CCC(=O)O)C2)CCCCC1. The molecular weight excluding hydrogens is 268 g/mol. The topological polar surface area (TPSA) is 83.6 Å². The normalized spacial score (nSPS) is 25.0. The second-order valence-corrected chi connectivity index (χ2v) is 6.87. The number of hydrogen-bond acceptors (Lipinski definition) is 3. The van der Waals surface area contributed by atoms with Crippen molar-refractivity contribution in [1.82, 2.24) is 4.90 Å². The molecule has 0 bridgehead atoms. The van der Waals surface area contributed by atoms with Crippen LogP contribution in [0, 0.1) is 11.3 Å². The van der Waals surface area contributed by atoms with Gasteiger partial charge in [-0.05, 0) is 43.6 Å². The third-order valence-corrected chi connectivity index (χ3v) is 5.28. The molecule has 3 N–H and O–H groups in total. The summed E-state index contributed by atoms with van der Waals surface area (Å²) in [6.45, 7) is 2.12. The molecule has 1 aliphatic carbocycles. The van der Waals surface area contributed by atoms with Crippen LogP contribution in [-0.4, -0.2) is 41.5 Å². The Morgan fingerprint density at radius 3 is 2.57 bits per heavy atom. The van der Waals surface area contributed by atoms with Gasteiger partial charge in [-0.1, -0.05) is 19.3 Å². The monoisotopic (exact) mass is 296 g/mol. The highest BCUT2D eigenvalue weighted by Gasteiger charge is 2.36. The van der Waals surface area contributed by atoms with Crippen molar-refractivity contribution in [2.24, 2.45) is 17.1 Å². The predicted octanol–water partition coefficient (Wildman–Crippen LogP) is 2.00. The number of carbonyl (C=O) groups is 2. The summed E-state index contributed by atoms with van der Waals surface area (Å²) in [6.07, 6.45) is 8.19. The summed E-state index contributed by atoms with van der Waals surface area (Å²) in [7, 11) is 0. The molecule has 0 spiro atoms. The molecule has 5 heteroatoms. The Bertz CT molecular complexity index is 378. The highest BCUT2D eigenvalue weighted by molar-refractivity contribution is 5.77. The number of nitrogens with zero attached hydrogens (tertiary/aromatic N) is 1. The summed E-state index contributed by atoms with van der Waals surface area (Å²) < 4.78 is 0. The molecule has 1 unspecified atom stereocenters. The zero-order chi connectivity index (χ0) is 15.3. The molecule has 120 valence electrons. The Balaban J connectivity index is 1.82. The molecule has 21 heavy (non-hydrogen) atoms. The first-order chi connectivity index (χ1) is 10.0. The smallest absolute Gasteiger partial charge is 0.303 e. The number of hydrogen-bond donors (Lipinski definition) is 2. The van der Waals surface area contributed by atoms with Crippen LogP contribution < -0.4 is 5.73 Å². The number of carboxylic acid groups (broad SMARTS) is 1. The summed E-state index contributed by atoms with van der Waals surface area (Å²) in [5.74, 6) is -0.172. The van der Waals surface area contributed by atoms with Gasteiger partial charge in [0.15, 0.2) is 0 Å². The van der Waals surface area contributed by atoms with Crippen LogP contribution in [0.3, 0.4) is 0 Å². The fraction of sp³-hybridized carbons (Fsp3) is 0.875. The zero-order valence-electron chi connectivity index (χ0n) is 12.9. The average Bonchev–Trinajstić information content (AvgIpc) is 2.95. The lowest BCUT2D eigenvalue weighted by molar-refractivity contribution is -0.137. The van der Waals surface area contributed by atoms with E-state index in [-0.39, 0.29) is 17.7 Å². The Morgan fingerprint density at radius 2 is 1.95 bits per heavy atom. The molecule has 2 fully saturated rings. The van der Waals surface area contributed by atoms with Gasteiger partial charge in [0.05, 0.1) is 0 Å². The second-order valence-electron chi connectivity index (χ2n) is 6.87. The quantitative estimate of drug-likeness (QED) is 0.785. The van der Waals surface area contributed by atoms with Crippen molar-refractivity contribution in [2.45, 2.75) is 57.8 Å². The fourth-order valence-corrected chi connectivity index (χ4v) is 3.81. The van der Waals surface area contributed by atoms with Gasteiger partial charge >= 0.3 is 5.97 Å². The fourth-order valence-electron chi connectivity index (χ4n) is 3.81. The third-order valence-electron chi connectivity index (χ3n) is 5.28. The number of carboxylic acids is 1. The maximum Gasteiger partial charge on any atom is 0.303 e. The molecule has 0 aromatic heterocycles. The van der Waals surface area contributed by atoms with Gasteiger partial charge in [-0.15, -0.1) is 0 Å². The van der Waals surface area contributed by atoms with Gasteiger partial charge in [-0.25, -0.2) is 0 Å². The summed E-state index contributed by atoms with van der Waals surface area (Å²) >= 11 is 0. The van der Waals surface area contributed by atoms with Crippen LogP contribution in [0.2, 0.25) is 0 Å². The molecular formula is C16H28N2O3. The standard InChI is InChI=1S/C16H28N2O3/c17-12-16(7-2-1-3-8-16)10-14(19)18-9-6-13(11-18)4-5-15(20)21/h13H,1-12,17H2,(H,20,21). The maximum absolute atomic E-state index is 12.5. The Hall–Kier alpha value is -1.10. The molecule has 1 aliphatic heterocycles. The van der Waals surface area contributed by atoms with Crippen molar-refractivity contribution in [3.63, 3.8) is 0 Å². The lowest BCUT2D eigenvalue weighted by Gasteiger charge is -2.36. The largest absolute Gasteiger partial charge is 0.481 e. The minimum absolute atomic E-state index is 0.0223. The van der Waals surface area contributed by atoms with Gasteiger partial charge in [-0.3, -0.25) is 9.59 Å². The van der Waals surface area contributed by atoms with E-state index in [0.717, 1.165) is 32.4 Å². The highest BCUT2D eigenvalue weighted by Crippen LogP contribution is 2.39. The highest BCUT2D eigenvalue weighted by atomic mass is 16.4. The third kappa shape index (κ3) is 4.43. The summed E-state index contributed by atoms with van der Waals surface area (Å²) in [5.41, 5.74) is 5.98. The van der Waals surface area contributed by atoms with Crippen molar-refractivity contribution >= 4 is 11.9 Å². The number of likely N-dealkylation sites (tertiary alicyclic amines) is 1. The van der Waals surface area contributed by atoms with Crippen LogP contribution in [0.5, 0.6) is 0 Å². The van der Waals surface area contributed by atoms with E-state index in [9.17, 15) is 9.59 Å². The van der Waals surface area contributed by atoms with Crippen LogP contribution in [-0.2, 0) is 9.59 Å². The summed E-state index contributed by atoms with van der Waals surface area (Å²) in [4.78, 5) is 25.1. The summed E-state index contributed by atoms with van der Waals surface area (Å²) in [6, 6.07) is 0. The van der Waals surface area contributed by atoms with Gasteiger partial charge in [0.2, 0.25) is 5.91 Å². The maximum atomic E-state index is 12.5. The molecule has 2 rings (SSSR count). The second kappa shape index (κ2) is 7.25. The molecule has 2 aliphatic rings. The Morgan fingerprint density at radius 1 is 1.24 bits per heavy atom. The zero-order valence-corrected chi connectivity index (χ0v) is 12.9. The van der Waals surface area contributed by atoms with Crippen molar-refractivity contribution in [3.05, 3.63) is 0 Å². The predicted molar refractivity (Wildman–Crippen MR) is 80.7 cm³/mol. The van der Waals surface area contributed by atoms with Crippen LogP contribution in [0.1, 0.15) is 57.8 Å². The Kier molecular flexibility index (Phi) is 5.62. The van der Waals surface area contributed by atoms with E-state index in [4.69, 9.17) is 10.8 Å². The van der Waals surface area contributed by atoms with Crippen LogP contribution >= 0.6 is 0 Å². The van der Waals surface area contributed by atoms with E-state index >= 15 is 0 Å². The van der Waals surface area contributed by atoms with Gasteiger partial charge in [0.25, 0.3) is 0 Å². The average molecular weight is 296 g/mol. The molecule has 0 radical (unpaired) electrons. The molecule has 5 nitrogen and oxygen atoms in total. The van der Waals surface area contributed by atoms with E-state index in [1.54, 1.807) is 0 Å². The number of aliphatic carboxylic acids is 1. The number of carbonyl (C=O) groups excluding carboxylic acids is 1. The summed E-state index contributed by atoms with van der Waals surface area (Å²) in [5, 5.41) is 8.74.